The number of aryl methyl sites for hydroxylation is 1. The third-order valence-electron chi connectivity index (χ3n) is 2.47. The second kappa shape index (κ2) is 3.49. The van der Waals surface area contributed by atoms with Crippen molar-refractivity contribution in [3.8, 4) is 0 Å². The average Bonchev–Trinajstić information content (AvgIpc) is 2.14. The molecule has 0 aliphatic carbocycles. The van der Waals surface area contributed by atoms with Gasteiger partial charge in [0.05, 0.1) is 18.0 Å². The SMILES string of the molecule is Cc1ccc(S(=O)(=O)N2CC(F)(F)C2)cc1. The third-order valence-corrected chi connectivity index (χ3v) is 4.28. The first-order valence-corrected chi connectivity index (χ1v) is 6.20. The van der Waals surface area contributed by atoms with Gasteiger partial charge in [0, 0.05) is 0 Å². The first kappa shape index (κ1) is 11.5. The number of halogens is 2. The van der Waals surface area contributed by atoms with Crippen LogP contribution in [0.15, 0.2) is 29.2 Å². The highest BCUT2D eigenvalue weighted by Crippen LogP contribution is 2.31. The maximum Gasteiger partial charge on any atom is 0.275 e. The van der Waals surface area contributed by atoms with Crippen molar-refractivity contribution in [1.29, 1.82) is 0 Å². The lowest BCUT2D eigenvalue weighted by Crippen LogP contribution is -2.58. The molecule has 0 bridgehead atoms. The molecule has 1 fully saturated rings. The van der Waals surface area contributed by atoms with E-state index in [1.165, 1.54) is 12.1 Å². The van der Waals surface area contributed by atoms with Gasteiger partial charge in [0.1, 0.15) is 0 Å². The largest absolute Gasteiger partial charge is 0.275 e. The molecule has 0 amide bonds. The normalized spacial score (nSPS) is 20.4. The molecule has 6 heteroatoms. The minimum absolute atomic E-state index is 0.0635. The fourth-order valence-corrected chi connectivity index (χ4v) is 2.99. The molecule has 1 heterocycles. The van der Waals surface area contributed by atoms with Crippen molar-refractivity contribution in [2.45, 2.75) is 17.7 Å². The van der Waals surface area contributed by atoms with Crippen LogP contribution in [0, 0.1) is 6.92 Å². The van der Waals surface area contributed by atoms with E-state index in [1.807, 2.05) is 6.92 Å². The lowest BCUT2D eigenvalue weighted by Gasteiger charge is -2.37. The first-order chi connectivity index (χ1) is 7.31. The number of rotatable bonds is 2. The maximum absolute atomic E-state index is 12.6. The van der Waals surface area contributed by atoms with Crippen LogP contribution < -0.4 is 0 Å². The van der Waals surface area contributed by atoms with Crippen LogP contribution in [-0.4, -0.2) is 31.7 Å². The highest BCUT2D eigenvalue weighted by atomic mass is 32.2. The molecule has 1 aromatic rings. The van der Waals surface area contributed by atoms with Gasteiger partial charge in [-0.1, -0.05) is 17.7 Å². The van der Waals surface area contributed by atoms with Crippen molar-refractivity contribution < 1.29 is 17.2 Å². The molecule has 0 unspecified atom stereocenters. The summed E-state index contributed by atoms with van der Waals surface area (Å²) in [4.78, 5) is 0.0635. The lowest BCUT2D eigenvalue weighted by atomic mass is 10.2. The van der Waals surface area contributed by atoms with Crippen molar-refractivity contribution in [2.75, 3.05) is 13.1 Å². The summed E-state index contributed by atoms with van der Waals surface area (Å²) in [6.07, 6.45) is 0. The van der Waals surface area contributed by atoms with Crippen LogP contribution in [0.2, 0.25) is 0 Å². The van der Waals surface area contributed by atoms with Crippen LogP contribution in [0.3, 0.4) is 0 Å². The molecule has 88 valence electrons. The molecule has 0 aromatic heterocycles. The van der Waals surface area contributed by atoms with E-state index in [0.29, 0.717) is 0 Å². The second-order valence-corrected chi connectivity index (χ2v) is 5.88. The molecule has 1 saturated heterocycles. The summed E-state index contributed by atoms with van der Waals surface area (Å²) < 4.78 is 49.6. The zero-order valence-electron chi connectivity index (χ0n) is 8.65. The van der Waals surface area contributed by atoms with E-state index in [4.69, 9.17) is 0 Å². The molecule has 0 saturated carbocycles. The van der Waals surface area contributed by atoms with Crippen LogP contribution >= 0.6 is 0 Å². The van der Waals surface area contributed by atoms with Gasteiger partial charge in [-0.15, -0.1) is 0 Å². The Labute approximate surface area is 92.7 Å². The van der Waals surface area contributed by atoms with Crippen LogP contribution in [0.1, 0.15) is 5.56 Å². The van der Waals surface area contributed by atoms with Gasteiger partial charge >= 0.3 is 0 Å². The number of hydrogen-bond donors (Lipinski definition) is 0. The van der Waals surface area contributed by atoms with Crippen molar-refractivity contribution in [1.82, 2.24) is 4.31 Å². The Bertz CT molecular complexity index is 488. The molecule has 0 atom stereocenters. The highest BCUT2D eigenvalue weighted by molar-refractivity contribution is 7.89. The lowest BCUT2D eigenvalue weighted by molar-refractivity contribution is -0.0945. The summed E-state index contributed by atoms with van der Waals surface area (Å²) in [7, 11) is -3.74. The molecular formula is C10H11F2NO2S. The number of benzene rings is 1. The molecule has 1 aliphatic rings. The van der Waals surface area contributed by atoms with Gasteiger partial charge in [-0.05, 0) is 19.1 Å². The van der Waals surface area contributed by atoms with Crippen molar-refractivity contribution in [3.05, 3.63) is 29.8 Å². The molecule has 1 aliphatic heterocycles. The van der Waals surface area contributed by atoms with Gasteiger partial charge in [-0.3, -0.25) is 0 Å². The quantitative estimate of drug-likeness (QED) is 0.796. The molecule has 16 heavy (non-hydrogen) atoms. The standard InChI is InChI=1S/C10H11F2NO2S/c1-8-2-4-9(5-3-8)16(14,15)13-6-10(11,12)7-13/h2-5H,6-7H2,1H3. The van der Waals surface area contributed by atoms with Gasteiger partial charge in [0.2, 0.25) is 10.0 Å². The predicted molar refractivity (Wildman–Crippen MR) is 54.9 cm³/mol. The molecule has 0 spiro atoms. The monoisotopic (exact) mass is 247 g/mol. The van der Waals surface area contributed by atoms with E-state index in [2.05, 4.69) is 0 Å². The number of sulfonamides is 1. The van der Waals surface area contributed by atoms with Crippen LogP contribution in [0.25, 0.3) is 0 Å². The second-order valence-electron chi connectivity index (χ2n) is 3.94. The molecule has 0 N–H and O–H groups in total. The summed E-state index contributed by atoms with van der Waals surface area (Å²) in [6, 6.07) is 6.15. The van der Waals surface area contributed by atoms with E-state index in [-0.39, 0.29) is 4.90 Å². The van der Waals surface area contributed by atoms with Crippen molar-refractivity contribution in [3.63, 3.8) is 0 Å². The van der Waals surface area contributed by atoms with E-state index >= 15 is 0 Å². The minimum Gasteiger partial charge on any atom is -0.207 e. The Morgan fingerprint density at radius 3 is 2.12 bits per heavy atom. The zero-order valence-corrected chi connectivity index (χ0v) is 9.47. The average molecular weight is 247 g/mol. The summed E-state index contributed by atoms with van der Waals surface area (Å²) in [6.45, 7) is 0.389. The van der Waals surface area contributed by atoms with Crippen molar-refractivity contribution in [2.24, 2.45) is 0 Å². The summed E-state index contributed by atoms with van der Waals surface area (Å²) in [5, 5.41) is 0. The summed E-state index contributed by atoms with van der Waals surface area (Å²) in [5.41, 5.74) is 0.924. The Morgan fingerprint density at radius 2 is 1.69 bits per heavy atom. The fourth-order valence-electron chi connectivity index (χ4n) is 1.50. The minimum atomic E-state index is -3.74. The van der Waals surface area contributed by atoms with Gasteiger partial charge in [-0.25, -0.2) is 17.2 Å². The smallest absolute Gasteiger partial charge is 0.207 e. The zero-order chi connectivity index (χ0) is 12.0. The predicted octanol–water partition coefficient (Wildman–Crippen LogP) is 1.63. The topological polar surface area (TPSA) is 37.4 Å². The Kier molecular flexibility index (Phi) is 2.51. The van der Waals surface area contributed by atoms with Crippen LogP contribution in [0.4, 0.5) is 8.78 Å². The van der Waals surface area contributed by atoms with Gasteiger partial charge in [-0.2, -0.15) is 4.31 Å². The first-order valence-electron chi connectivity index (χ1n) is 4.76. The van der Waals surface area contributed by atoms with Crippen LogP contribution in [0.5, 0.6) is 0 Å². The van der Waals surface area contributed by atoms with Gasteiger partial charge in [0.15, 0.2) is 0 Å². The molecule has 0 radical (unpaired) electrons. The molecule has 2 rings (SSSR count). The number of alkyl halides is 2. The van der Waals surface area contributed by atoms with E-state index < -0.39 is 29.0 Å². The highest BCUT2D eigenvalue weighted by Gasteiger charge is 2.49. The van der Waals surface area contributed by atoms with Gasteiger partial charge < -0.3 is 0 Å². The maximum atomic E-state index is 12.6. The van der Waals surface area contributed by atoms with Crippen molar-refractivity contribution >= 4 is 10.0 Å². The van der Waals surface area contributed by atoms with E-state index in [1.54, 1.807) is 12.1 Å². The van der Waals surface area contributed by atoms with Crippen LogP contribution in [-0.2, 0) is 10.0 Å². The van der Waals surface area contributed by atoms with E-state index in [9.17, 15) is 17.2 Å². The van der Waals surface area contributed by atoms with E-state index in [0.717, 1.165) is 9.87 Å². The molecular weight excluding hydrogens is 236 g/mol. The number of nitrogens with zero attached hydrogens (tertiary/aromatic N) is 1. The Morgan fingerprint density at radius 1 is 1.19 bits per heavy atom. The Balaban J connectivity index is 2.24. The Hall–Kier alpha value is -1.01. The summed E-state index contributed by atoms with van der Waals surface area (Å²) in [5.74, 6) is -2.88. The fraction of sp³-hybridized carbons (Fsp3) is 0.400. The number of hydrogen-bond acceptors (Lipinski definition) is 2. The third kappa shape index (κ3) is 1.94. The molecule has 3 nitrogen and oxygen atoms in total. The summed E-state index contributed by atoms with van der Waals surface area (Å²) >= 11 is 0. The molecule has 1 aromatic carbocycles. The van der Waals surface area contributed by atoms with Gasteiger partial charge in [0.25, 0.3) is 5.92 Å².